The van der Waals surface area contributed by atoms with Gasteiger partial charge in [-0.25, -0.2) is 4.98 Å². The zero-order chi connectivity index (χ0) is 23.8. The minimum atomic E-state index is -0.543. The lowest BCUT2D eigenvalue weighted by atomic mass is 9.87. The molecule has 4 rings (SSSR count). The van der Waals surface area contributed by atoms with Crippen molar-refractivity contribution in [2.24, 2.45) is 5.73 Å². The fourth-order valence-electron chi connectivity index (χ4n) is 4.99. The van der Waals surface area contributed by atoms with E-state index in [-0.39, 0.29) is 29.3 Å². The zero-order valence-corrected chi connectivity index (χ0v) is 20.3. The molecule has 1 aromatic heterocycles. The first-order chi connectivity index (χ1) is 15.6. The average Bonchev–Trinajstić information content (AvgIpc) is 3.16. The highest BCUT2D eigenvalue weighted by molar-refractivity contribution is 5.87. The van der Waals surface area contributed by atoms with Crippen LogP contribution in [0, 0.1) is 0 Å². The molecule has 1 aromatic carbocycles. The van der Waals surface area contributed by atoms with Gasteiger partial charge in [0.05, 0.1) is 24.3 Å². The summed E-state index contributed by atoms with van der Waals surface area (Å²) >= 11 is 0. The predicted octanol–water partition coefficient (Wildman–Crippen LogP) is 2.89. The van der Waals surface area contributed by atoms with Gasteiger partial charge >= 0.3 is 0 Å². The molecule has 0 bridgehead atoms. The Morgan fingerprint density at radius 1 is 1.15 bits per heavy atom. The molecule has 3 unspecified atom stereocenters. The Hall–Kier alpha value is -2.67. The molecule has 2 amide bonds. The molecule has 0 radical (unpaired) electrons. The lowest BCUT2D eigenvalue weighted by molar-refractivity contribution is -0.140. The summed E-state index contributed by atoms with van der Waals surface area (Å²) in [5.74, 6) is -0.221. The summed E-state index contributed by atoms with van der Waals surface area (Å²) in [6.07, 6.45) is 6.27. The molecule has 2 heterocycles. The van der Waals surface area contributed by atoms with Gasteiger partial charge in [0.1, 0.15) is 6.04 Å². The summed E-state index contributed by atoms with van der Waals surface area (Å²) in [6.45, 7) is 9.23. The molecule has 1 saturated carbocycles. The highest BCUT2D eigenvalue weighted by atomic mass is 16.2. The molecule has 1 aliphatic carbocycles. The van der Waals surface area contributed by atoms with Crippen molar-refractivity contribution in [3.8, 4) is 0 Å². The van der Waals surface area contributed by atoms with Crippen molar-refractivity contribution in [1.29, 1.82) is 0 Å². The first-order valence-corrected chi connectivity index (χ1v) is 12.1. The van der Waals surface area contributed by atoms with Gasteiger partial charge in [-0.1, -0.05) is 57.9 Å². The minimum Gasteiger partial charge on any atom is -0.350 e. The smallest absolute Gasteiger partial charge is 0.243 e. The summed E-state index contributed by atoms with van der Waals surface area (Å²) in [7, 11) is 0. The molecule has 7 nitrogen and oxygen atoms in total. The van der Waals surface area contributed by atoms with E-state index in [0.29, 0.717) is 19.5 Å². The van der Waals surface area contributed by atoms with E-state index in [0.717, 1.165) is 37.1 Å². The second kappa shape index (κ2) is 9.29. The second-order valence-electron chi connectivity index (χ2n) is 10.6. The Kier molecular flexibility index (Phi) is 6.61. The number of hydrogen-bond acceptors (Lipinski definition) is 4. The maximum absolute atomic E-state index is 13.2. The molecular formula is C26H37N5O2. The predicted molar refractivity (Wildman–Crippen MR) is 129 cm³/mol. The SMILES string of the molecule is CC(=O)N1Cc2c(ncn2Cc2ccc(C(C)(C)C)cc2)CC1C(=O)NC1CCCCC1N. The number of carbonyl (C=O) groups excluding carboxylic acids is 2. The number of nitrogens with zero attached hydrogens (tertiary/aromatic N) is 3. The van der Waals surface area contributed by atoms with Crippen molar-refractivity contribution in [3.63, 3.8) is 0 Å². The third-order valence-corrected chi connectivity index (χ3v) is 7.14. The van der Waals surface area contributed by atoms with Crippen LogP contribution in [-0.2, 0) is 34.5 Å². The van der Waals surface area contributed by atoms with Crippen LogP contribution in [0.1, 0.15) is 75.9 Å². The van der Waals surface area contributed by atoms with Gasteiger partial charge in [0, 0.05) is 32.0 Å². The van der Waals surface area contributed by atoms with Gasteiger partial charge in [-0.3, -0.25) is 9.59 Å². The first kappa shape index (κ1) is 23.5. The summed E-state index contributed by atoms with van der Waals surface area (Å²) in [5.41, 5.74) is 10.7. The highest BCUT2D eigenvalue weighted by Crippen LogP contribution is 2.26. The Morgan fingerprint density at radius 3 is 2.48 bits per heavy atom. The van der Waals surface area contributed by atoms with Gasteiger partial charge in [0.2, 0.25) is 11.8 Å². The van der Waals surface area contributed by atoms with Gasteiger partial charge in [0.15, 0.2) is 0 Å². The van der Waals surface area contributed by atoms with Crippen LogP contribution in [0.25, 0.3) is 0 Å². The van der Waals surface area contributed by atoms with E-state index < -0.39 is 6.04 Å². The summed E-state index contributed by atoms with van der Waals surface area (Å²) in [5, 5.41) is 3.13. The number of carbonyl (C=O) groups is 2. The van der Waals surface area contributed by atoms with E-state index in [4.69, 9.17) is 5.73 Å². The number of aromatic nitrogens is 2. The van der Waals surface area contributed by atoms with E-state index in [1.165, 1.54) is 18.1 Å². The number of nitrogens with one attached hydrogen (secondary N) is 1. The van der Waals surface area contributed by atoms with Crippen LogP contribution in [0.5, 0.6) is 0 Å². The molecule has 1 aliphatic heterocycles. The molecule has 0 saturated heterocycles. The fraction of sp³-hybridized carbons (Fsp3) is 0.577. The highest BCUT2D eigenvalue weighted by Gasteiger charge is 2.37. The third kappa shape index (κ3) is 5.13. The second-order valence-corrected chi connectivity index (χ2v) is 10.6. The molecule has 2 aliphatic rings. The number of amides is 2. The minimum absolute atomic E-state index is 0.0171. The fourth-order valence-corrected chi connectivity index (χ4v) is 4.99. The van der Waals surface area contributed by atoms with Crippen LogP contribution in [0.15, 0.2) is 30.6 Å². The standard InChI is InChI=1S/C26H37N5O2/c1-17(32)31-15-24-22(13-23(31)25(33)29-21-8-6-5-7-20(21)27)28-16-30(24)14-18-9-11-19(12-10-18)26(2,3)4/h9-12,16,20-21,23H,5-8,13-15,27H2,1-4H3,(H,29,33). The van der Waals surface area contributed by atoms with E-state index >= 15 is 0 Å². The maximum atomic E-state index is 13.2. The normalized spacial score (nSPS) is 23.2. The number of imidazole rings is 1. The third-order valence-electron chi connectivity index (χ3n) is 7.14. The Labute approximate surface area is 196 Å². The number of benzene rings is 1. The quantitative estimate of drug-likeness (QED) is 0.748. The molecule has 2 aromatic rings. The Morgan fingerprint density at radius 2 is 1.85 bits per heavy atom. The molecule has 3 N–H and O–H groups in total. The van der Waals surface area contributed by atoms with Crippen LogP contribution in [0.4, 0.5) is 0 Å². The van der Waals surface area contributed by atoms with Crippen LogP contribution in [-0.4, -0.2) is 44.4 Å². The summed E-state index contributed by atoms with van der Waals surface area (Å²) in [4.78, 5) is 31.9. The van der Waals surface area contributed by atoms with E-state index in [2.05, 4.69) is 59.9 Å². The number of hydrogen-bond donors (Lipinski definition) is 2. The van der Waals surface area contributed by atoms with Crippen LogP contribution in [0.3, 0.4) is 0 Å². The molecular weight excluding hydrogens is 414 g/mol. The largest absolute Gasteiger partial charge is 0.350 e. The lowest BCUT2D eigenvalue weighted by Gasteiger charge is -2.36. The van der Waals surface area contributed by atoms with Crippen molar-refractivity contribution in [3.05, 3.63) is 53.1 Å². The van der Waals surface area contributed by atoms with Crippen LogP contribution < -0.4 is 11.1 Å². The summed E-state index contributed by atoms with van der Waals surface area (Å²) in [6, 6.07) is 8.09. The van der Waals surface area contributed by atoms with Crippen LogP contribution in [0.2, 0.25) is 0 Å². The van der Waals surface area contributed by atoms with Crippen molar-refractivity contribution >= 4 is 11.8 Å². The van der Waals surface area contributed by atoms with Gasteiger partial charge < -0.3 is 20.5 Å². The molecule has 1 fully saturated rings. The molecule has 178 valence electrons. The Bertz CT molecular complexity index is 1000. The first-order valence-electron chi connectivity index (χ1n) is 12.1. The van der Waals surface area contributed by atoms with E-state index in [9.17, 15) is 9.59 Å². The van der Waals surface area contributed by atoms with Crippen LogP contribution >= 0.6 is 0 Å². The number of nitrogens with two attached hydrogens (primary N) is 1. The number of rotatable bonds is 4. The van der Waals surface area contributed by atoms with Crippen molar-refractivity contribution in [2.75, 3.05) is 0 Å². The molecule has 3 atom stereocenters. The molecule has 0 spiro atoms. The van der Waals surface area contributed by atoms with Gasteiger partial charge in [0.25, 0.3) is 0 Å². The van der Waals surface area contributed by atoms with Crippen molar-refractivity contribution in [1.82, 2.24) is 19.8 Å². The molecule has 7 heteroatoms. The van der Waals surface area contributed by atoms with Gasteiger partial charge in [-0.2, -0.15) is 0 Å². The monoisotopic (exact) mass is 451 g/mol. The van der Waals surface area contributed by atoms with Gasteiger partial charge in [-0.05, 0) is 29.4 Å². The summed E-state index contributed by atoms with van der Waals surface area (Å²) < 4.78 is 2.10. The number of fused-ring (bicyclic) bond motifs is 1. The topological polar surface area (TPSA) is 93.2 Å². The van der Waals surface area contributed by atoms with E-state index in [1.54, 1.807) is 4.90 Å². The van der Waals surface area contributed by atoms with Gasteiger partial charge in [-0.15, -0.1) is 0 Å². The Balaban J connectivity index is 1.50. The average molecular weight is 452 g/mol. The zero-order valence-electron chi connectivity index (χ0n) is 20.3. The maximum Gasteiger partial charge on any atom is 0.243 e. The van der Waals surface area contributed by atoms with Crippen molar-refractivity contribution in [2.45, 2.75) is 96.4 Å². The van der Waals surface area contributed by atoms with Crippen molar-refractivity contribution < 1.29 is 9.59 Å². The molecule has 33 heavy (non-hydrogen) atoms. The lowest BCUT2D eigenvalue weighted by Crippen LogP contribution is -2.57. The van der Waals surface area contributed by atoms with E-state index in [1.807, 2.05) is 6.33 Å².